The van der Waals surface area contributed by atoms with Crippen molar-refractivity contribution in [1.82, 2.24) is 4.90 Å². The fourth-order valence-electron chi connectivity index (χ4n) is 4.44. The Labute approximate surface area is 129 Å². The molecule has 1 aliphatic carbocycles. The largest absolute Gasteiger partial charge is 0.388 e. The fourth-order valence-corrected chi connectivity index (χ4v) is 4.44. The Morgan fingerprint density at radius 2 is 1.90 bits per heavy atom. The van der Waals surface area contributed by atoms with Crippen LogP contribution in [0, 0.1) is 16.7 Å². The van der Waals surface area contributed by atoms with Crippen LogP contribution in [0.15, 0.2) is 24.3 Å². The first-order valence-corrected chi connectivity index (χ1v) is 8.44. The minimum atomic E-state index is 0.520. The van der Waals surface area contributed by atoms with Crippen LogP contribution in [0.2, 0.25) is 0 Å². The van der Waals surface area contributed by atoms with E-state index in [2.05, 4.69) is 55.3 Å². The maximum atomic E-state index is 3.18. The van der Waals surface area contributed by atoms with Gasteiger partial charge in [0.15, 0.2) is 0 Å². The molecular weight excluding hydrogens is 256 g/mol. The van der Waals surface area contributed by atoms with Crippen molar-refractivity contribution in [3.05, 3.63) is 29.8 Å². The molecule has 2 heteroatoms. The first-order chi connectivity index (χ1) is 9.94. The molecule has 2 bridgehead atoms. The molecule has 2 atom stereocenters. The molecule has 1 saturated heterocycles. The van der Waals surface area contributed by atoms with Gasteiger partial charge < -0.3 is 10.2 Å². The number of rotatable bonds is 4. The van der Waals surface area contributed by atoms with E-state index in [0.29, 0.717) is 10.8 Å². The molecule has 0 spiro atoms. The number of piperidine rings is 1. The highest BCUT2D eigenvalue weighted by Crippen LogP contribution is 2.58. The molecule has 2 nitrogen and oxygen atoms in total. The minimum absolute atomic E-state index is 0.520. The van der Waals surface area contributed by atoms with Crippen LogP contribution in [0.5, 0.6) is 0 Å². The Morgan fingerprint density at radius 3 is 2.52 bits per heavy atom. The molecule has 2 aliphatic rings. The summed E-state index contributed by atoms with van der Waals surface area (Å²) in [5, 5.41) is 3.18. The molecule has 1 unspecified atom stereocenters. The van der Waals surface area contributed by atoms with Crippen molar-refractivity contribution < 1.29 is 0 Å². The van der Waals surface area contributed by atoms with E-state index in [9.17, 15) is 0 Å². The normalized spacial score (nSPS) is 31.3. The summed E-state index contributed by atoms with van der Waals surface area (Å²) in [6, 6.07) is 8.88. The van der Waals surface area contributed by atoms with Crippen LogP contribution in [-0.4, -0.2) is 31.6 Å². The van der Waals surface area contributed by atoms with E-state index in [0.717, 1.165) is 5.92 Å². The molecule has 1 aliphatic heterocycles. The van der Waals surface area contributed by atoms with Gasteiger partial charge in [0.05, 0.1) is 0 Å². The van der Waals surface area contributed by atoms with Crippen LogP contribution < -0.4 is 5.32 Å². The average Bonchev–Trinajstić information content (AvgIpc) is 2.63. The van der Waals surface area contributed by atoms with Gasteiger partial charge in [0.2, 0.25) is 0 Å². The summed E-state index contributed by atoms with van der Waals surface area (Å²) in [5.74, 6) is 0.892. The van der Waals surface area contributed by atoms with Gasteiger partial charge in [-0.05, 0) is 53.7 Å². The molecule has 1 aromatic rings. The van der Waals surface area contributed by atoms with Crippen LogP contribution >= 0.6 is 0 Å². The van der Waals surface area contributed by atoms with E-state index in [-0.39, 0.29) is 0 Å². The van der Waals surface area contributed by atoms with E-state index in [1.807, 2.05) is 7.05 Å². The predicted octanol–water partition coefficient (Wildman–Crippen LogP) is 4.03. The van der Waals surface area contributed by atoms with Gasteiger partial charge in [-0.1, -0.05) is 32.9 Å². The third-order valence-corrected chi connectivity index (χ3v) is 6.63. The van der Waals surface area contributed by atoms with Crippen LogP contribution in [0.4, 0.5) is 5.69 Å². The van der Waals surface area contributed by atoms with E-state index in [1.54, 1.807) is 0 Å². The van der Waals surface area contributed by atoms with Crippen LogP contribution in [-0.2, 0) is 6.42 Å². The van der Waals surface area contributed by atoms with Crippen molar-refractivity contribution in [2.75, 3.05) is 32.0 Å². The Kier molecular flexibility index (Phi) is 3.77. The zero-order valence-corrected chi connectivity index (χ0v) is 14.1. The summed E-state index contributed by atoms with van der Waals surface area (Å²) in [5.41, 5.74) is 3.70. The molecule has 2 fully saturated rings. The number of hydrogen-bond donors (Lipinski definition) is 1. The summed E-state index contributed by atoms with van der Waals surface area (Å²) in [4.78, 5) is 2.72. The second kappa shape index (κ2) is 5.31. The molecule has 0 radical (unpaired) electrons. The Bertz CT molecular complexity index is 491. The van der Waals surface area contributed by atoms with Crippen molar-refractivity contribution in [3.8, 4) is 0 Å². The van der Waals surface area contributed by atoms with Crippen LogP contribution in [0.25, 0.3) is 0 Å². The third-order valence-electron chi connectivity index (χ3n) is 6.63. The minimum Gasteiger partial charge on any atom is -0.388 e. The molecule has 1 aromatic carbocycles. The monoisotopic (exact) mass is 286 g/mol. The Hall–Kier alpha value is -1.02. The molecule has 0 aromatic heterocycles. The molecule has 21 heavy (non-hydrogen) atoms. The molecule has 3 rings (SSSR count). The van der Waals surface area contributed by atoms with E-state index >= 15 is 0 Å². The maximum absolute atomic E-state index is 3.18. The fraction of sp³-hybridized carbons (Fsp3) is 0.684. The zero-order valence-electron chi connectivity index (χ0n) is 14.1. The summed E-state index contributed by atoms with van der Waals surface area (Å²) < 4.78 is 0. The highest BCUT2D eigenvalue weighted by molar-refractivity contribution is 5.43. The molecule has 0 amide bonds. The Morgan fingerprint density at radius 1 is 1.19 bits per heavy atom. The number of benzene rings is 1. The summed E-state index contributed by atoms with van der Waals surface area (Å²) in [7, 11) is 1.97. The maximum Gasteiger partial charge on any atom is 0.0337 e. The summed E-state index contributed by atoms with van der Waals surface area (Å²) >= 11 is 0. The van der Waals surface area contributed by atoms with E-state index in [4.69, 9.17) is 0 Å². The van der Waals surface area contributed by atoms with Gasteiger partial charge in [0, 0.05) is 32.4 Å². The number of fused-ring (bicyclic) bond motifs is 2. The number of nitrogens with zero attached hydrogens (tertiary/aromatic N) is 1. The van der Waals surface area contributed by atoms with Gasteiger partial charge in [0.25, 0.3) is 0 Å². The second-order valence-corrected chi connectivity index (χ2v) is 7.95. The van der Waals surface area contributed by atoms with E-state index < -0.39 is 0 Å². The summed E-state index contributed by atoms with van der Waals surface area (Å²) in [6.45, 7) is 11.3. The topological polar surface area (TPSA) is 15.3 Å². The van der Waals surface area contributed by atoms with Crippen molar-refractivity contribution >= 4 is 5.69 Å². The number of nitrogens with one attached hydrogen (secondary N) is 1. The first-order valence-electron chi connectivity index (χ1n) is 8.44. The van der Waals surface area contributed by atoms with Gasteiger partial charge >= 0.3 is 0 Å². The third kappa shape index (κ3) is 2.59. The van der Waals surface area contributed by atoms with Gasteiger partial charge in [-0.2, -0.15) is 0 Å². The van der Waals surface area contributed by atoms with E-state index in [1.165, 1.54) is 50.1 Å². The summed E-state index contributed by atoms with van der Waals surface area (Å²) in [6.07, 6.45) is 4.02. The quantitative estimate of drug-likeness (QED) is 0.899. The van der Waals surface area contributed by atoms with Gasteiger partial charge in [0.1, 0.15) is 0 Å². The van der Waals surface area contributed by atoms with Gasteiger partial charge in [-0.3, -0.25) is 0 Å². The molecule has 1 heterocycles. The first kappa shape index (κ1) is 14.9. The van der Waals surface area contributed by atoms with Gasteiger partial charge in [-0.25, -0.2) is 0 Å². The lowest BCUT2D eigenvalue weighted by Crippen LogP contribution is -2.52. The van der Waals surface area contributed by atoms with Crippen molar-refractivity contribution in [3.63, 3.8) is 0 Å². The Balaban J connectivity index is 1.60. The zero-order chi connectivity index (χ0) is 15.1. The number of likely N-dealkylation sites (tertiary alicyclic amines) is 1. The lowest BCUT2D eigenvalue weighted by Gasteiger charge is -2.50. The van der Waals surface area contributed by atoms with Gasteiger partial charge in [-0.15, -0.1) is 0 Å². The lowest BCUT2D eigenvalue weighted by atomic mass is 9.63. The van der Waals surface area contributed by atoms with Crippen LogP contribution in [0.3, 0.4) is 0 Å². The van der Waals surface area contributed by atoms with Crippen molar-refractivity contribution in [2.45, 2.75) is 40.0 Å². The molecule has 1 N–H and O–H groups in total. The average molecular weight is 286 g/mol. The molecule has 116 valence electrons. The second-order valence-electron chi connectivity index (χ2n) is 7.95. The van der Waals surface area contributed by atoms with Crippen LogP contribution in [0.1, 0.15) is 39.2 Å². The number of hydrogen-bond acceptors (Lipinski definition) is 2. The highest BCUT2D eigenvalue weighted by atomic mass is 15.2. The lowest BCUT2D eigenvalue weighted by molar-refractivity contribution is -0.0169. The molecular formula is C19H30N2. The highest BCUT2D eigenvalue weighted by Gasteiger charge is 2.55. The standard InChI is InChI=1S/C19H30N2/c1-18(2)16-9-11-19(18,3)14-21(13-16)12-10-15-5-7-17(20-4)8-6-15/h5-8,16,20H,9-14H2,1-4H3/t16?,19-/m0/s1. The molecule has 1 saturated carbocycles. The predicted molar refractivity (Wildman–Crippen MR) is 90.7 cm³/mol. The SMILES string of the molecule is CNc1ccc(CCN2CC3CC[C@@](C)(C2)C3(C)C)cc1. The number of anilines is 1. The van der Waals surface area contributed by atoms with Crippen molar-refractivity contribution in [2.24, 2.45) is 16.7 Å². The smallest absolute Gasteiger partial charge is 0.0337 e. The van der Waals surface area contributed by atoms with Crippen molar-refractivity contribution in [1.29, 1.82) is 0 Å².